The molecule has 0 atom stereocenters. The van der Waals surface area contributed by atoms with Gasteiger partial charge in [0.2, 0.25) is 0 Å². The van der Waals surface area contributed by atoms with Gasteiger partial charge in [-0.15, -0.1) is 0 Å². The summed E-state index contributed by atoms with van der Waals surface area (Å²) in [5.41, 5.74) is 0.130. The topological polar surface area (TPSA) is 74.6 Å². The van der Waals surface area contributed by atoms with Crippen LogP contribution in [0.5, 0.6) is 0 Å². The molecule has 2 N–H and O–H groups in total. The number of hydrogen-bond acceptors (Lipinski definition) is 2. The Balaban J connectivity index is 4.14. The second-order valence-electron chi connectivity index (χ2n) is 4.70. The largest absolute Gasteiger partial charge is 0.481 e. The van der Waals surface area contributed by atoms with Gasteiger partial charge in [0.25, 0.3) is 0 Å². The molecular formula is C13H24O4. The fourth-order valence-electron chi connectivity index (χ4n) is 2.31. The van der Waals surface area contributed by atoms with Gasteiger partial charge in [-0.25, -0.2) is 0 Å². The zero-order valence-electron chi connectivity index (χ0n) is 10.9. The Hall–Kier alpha value is -1.06. The van der Waals surface area contributed by atoms with Crippen molar-refractivity contribution in [1.82, 2.24) is 0 Å². The van der Waals surface area contributed by atoms with Crippen molar-refractivity contribution in [2.45, 2.75) is 65.2 Å². The van der Waals surface area contributed by atoms with Crippen molar-refractivity contribution in [3.63, 3.8) is 0 Å². The summed E-state index contributed by atoms with van der Waals surface area (Å²) < 4.78 is 0. The quantitative estimate of drug-likeness (QED) is 0.618. The van der Waals surface area contributed by atoms with E-state index in [9.17, 15) is 9.59 Å². The highest BCUT2D eigenvalue weighted by molar-refractivity contribution is 5.66. The summed E-state index contributed by atoms with van der Waals surface area (Å²) in [6.07, 6.45) is 5.53. The average Bonchev–Trinajstić information content (AvgIpc) is 2.26. The number of aliphatic carboxylic acids is 2. The number of hydrogen-bond donors (Lipinski definition) is 2. The van der Waals surface area contributed by atoms with Crippen LogP contribution in [0.3, 0.4) is 0 Å². The van der Waals surface area contributed by atoms with Gasteiger partial charge in [0, 0.05) is 12.8 Å². The van der Waals surface area contributed by atoms with E-state index < -0.39 is 11.9 Å². The van der Waals surface area contributed by atoms with Gasteiger partial charge in [-0.3, -0.25) is 9.59 Å². The van der Waals surface area contributed by atoms with Gasteiger partial charge in [0.05, 0.1) is 0 Å². The number of carbonyl (C=O) groups is 2. The molecule has 0 unspecified atom stereocenters. The third-order valence-electron chi connectivity index (χ3n) is 3.70. The maximum Gasteiger partial charge on any atom is 0.303 e. The monoisotopic (exact) mass is 244 g/mol. The zero-order chi connectivity index (χ0) is 13.3. The molecule has 17 heavy (non-hydrogen) atoms. The first-order chi connectivity index (χ1) is 7.95. The van der Waals surface area contributed by atoms with Crippen LogP contribution >= 0.6 is 0 Å². The first kappa shape index (κ1) is 15.9. The average molecular weight is 244 g/mol. The van der Waals surface area contributed by atoms with E-state index in [0.717, 1.165) is 25.7 Å². The number of rotatable bonds is 10. The lowest BCUT2D eigenvalue weighted by Crippen LogP contribution is -2.19. The van der Waals surface area contributed by atoms with Gasteiger partial charge < -0.3 is 10.2 Å². The molecule has 0 aromatic carbocycles. The highest BCUT2D eigenvalue weighted by atomic mass is 16.4. The molecule has 0 fully saturated rings. The standard InChI is InChI=1S/C13H24O4/c1-3-13(4-2,9-5-7-11(14)15)10-6-8-12(16)17/h3-10H2,1-2H3,(H,14,15)(H,16,17). The minimum Gasteiger partial charge on any atom is -0.481 e. The third-order valence-corrected chi connectivity index (χ3v) is 3.70. The molecular weight excluding hydrogens is 220 g/mol. The van der Waals surface area contributed by atoms with Crippen molar-refractivity contribution < 1.29 is 19.8 Å². The van der Waals surface area contributed by atoms with Crippen LogP contribution < -0.4 is 0 Å². The highest BCUT2D eigenvalue weighted by Gasteiger charge is 2.25. The SMILES string of the molecule is CCC(CC)(CCCC(=O)O)CCCC(=O)O. The molecule has 0 amide bonds. The number of carboxylic acid groups (broad SMARTS) is 2. The van der Waals surface area contributed by atoms with Crippen molar-refractivity contribution in [3.05, 3.63) is 0 Å². The molecule has 100 valence electrons. The Bertz CT molecular complexity index is 222. The summed E-state index contributed by atoms with van der Waals surface area (Å²) in [6.45, 7) is 4.20. The van der Waals surface area contributed by atoms with Crippen molar-refractivity contribution in [1.29, 1.82) is 0 Å². The van der Waals surface area contributed by atoms with E-state index in [2.05, 4.69) is 13.8 Å². The lowest BCUT2D eigenvalue weighted by molar-refractivity contribution is -0.138. The summed E-state index contributed by atoms with van der Waals surface area (Å²) >= 11 is 0. The maximum atomic E-state index is 10.5. The van der Waals surface area contributed by atoms with E-state index >= 15 is 0 Å². The highest BCUT2D eigenvalue weighted by Crippen LogP contribution is 2.37. The van der Waals surface area contributed by atoms with Crippen LogP contribution in [0.25, 0.3) is 0 Å². The van der Waals surface area contributed by atoms with Crippen molar-refractivity contribution in [3.8, 4) is 0 Å². The molecule has 0 heterocycles. The molecule has 0 saturated heterocycles. The van der Waals surface area contributed by atoms with E-state index in [0.29, 0.717) is 12.8 Å². The lowest BCUT2D eigenvalue weighted by Gasteiger charge is -2.31. The fraction of sp³-hybridized carbons (Fsp3) is 0.846. The Kier molecular flexibility index (Phi) is 7.59. The summed E-state index contributed by atoms with van der Waals surface area (Å²) in [5, 5.41) is 17.3. The Labute approximate surface area is 103 Å². The molecule has 0 radical (unpaired) electrons. The van der Waals surface area contributed by atoms with E-state index in [-0.39, 0.29) is 18.3 Å². The Morgan fingerprint density at radius 2 is 1.24 bits per heavy atom. The molecule has 0 aliphatic heterocycles. The van der Waals surface area contributed by atoms with Gasteiger partial charge in [-0.05, 0) is 31.1 Å². The molecule has 0 saturated carbocycles. The van der Waals surface area contributed by atoms with Crippen molar-refractivity contribution in [2.75, 3.05) is 0 Å². The summed E-state index contributed by atoms with van der Waals surface area (Å²) in [4.78, 5) is 21.0. The second-order valence-corrected chi connectivity index (χ2v) is 4.70. The van der Waals surface area contributed by atoms with Gasteiger partial charge in [-0.2, -0.15) is 0 Å². The molecule has 0 aliphatic carbocycles. The molecule has 0 bridgehead atoms. The molecule has 0 spiro atoms. The lowest BCUT2D eigenvalue weighted by atomic mass is 9.74. The van der Waals surface area contributed by atoms with Crippen LogP contribution in [0.1, 0.15) is 65.2 Å². The summed E-state index contributed by atoms with van der Waals surface area (Å²) in [6, 6.07) is 0. The smallest absolute Gasteiger partial charge is 0.303 e. The van der Waals surface area contributed by atoms with Crippen LogP contribution in [0.15, 0.2) is 0 Å². The maximum absolute atomic E-state index is 10.5. The predicted octanol–water partition coefficient (Wildman–Crippen LogP) is 3.30. The van der Waals surface area contributed by atoms with E-state index in [1.165, 1.54) is 0 Å². The van der Waals surface area contributed by atoms with E-state index in [1.54, 1.807) is 0 Å². The first-order valence-corrected chi connectivity index (χ1v) is 6.39. The minimum atomic E-state index is -0.753. The van der Waals surface area contributed by atoms with Crippen molar-refractivity contribution >= 4 is 11.9 Å². The van der Waals surface area contributed by atoms with Crippen LogP contribution in [0, 0.1) is 5.41 Å². The minimum absolute atomic E-state index is 0.130. The van der Waals surface area contributed by atoms with Crippen LogP contribution in [-0.2, 0) is 9.59 Å². The summed E-state index contributed by atoms with van der Waals surface area (Å²) in [7, 11) is 0. The molecule has 0 aliphatic rings. The van der Waals surface area contributed by atoms with Gasteiger partial charge in [0.15, 0.2) is 0 Å². The molecule has 0 rings (SSSR count). The Morgan fingerprint density at radius 1 is 0.882 bits per heavy atom. The Morgan fingerprint density at radius 3 is 1.47 bits per heavy atom. The zero-order valence-corrected chi connectivity index (χ0v) is 10.9. The normalized spacial score (nSPS) is 11.4. The fourth-order valence-corrected chi connectivity index (χ4v) is 2.31. The van der Waals surface area contributed by atoms with Gasteiger partial charge >= 0.3 is 11.9 Å². The van der Waals surface area contributed by atoms with Crippen LogP contribution in [-0.4, -0.2) is 22.2 Å². The predicted molar refractivity (Wildman–Crippen MR) is 66.0 cm³/mol. The first-order valence-electron chi connectivity index (χ1n) is 6.39. The number of carboxylic acids is 2. The van der Waals surface area contributed by atoms with Crippen LogP contribution in [0.4, 0.5) is 0 Å². The van der Waals surface area contributed by atoms with Gasteiger partial charge in [-0.1, -0.05) is 26.7 Å². The summed E-state index contributed by atoms with van der Waals surface area (Å²) in [5.74, 6) is -1.51. The van der Waals surface area contributed by atoms with E-state index in [4.69, 9.17) is 10.2 Å². The molecule has 4 nitrogen and oxygen atoms in total. The molecule has 0 aromatic rings. The third kappa shape index (κ3) is 6.97. The van der Waals surface area contributed by atoms with Crippen molar-refractivity contribution in [2.24, 2.45) is 5.41 Å². The van der Waals surface area contributed by atoms with E-state index in [1.807, 2.05) is 0 Å². The second kappa shape index (κ2) is 8.09. The van der Waals surface area contributed by atoms with Gasteiger partial charge in [0.1, 0.15) is 0 Å². The van der Waals surface area contributed by atoms with Crippen LogP contribution in [0.2, 0.25) is 0 Å². The molecule has 4 heteroatoms. The molecule has 0 aromatic heterocycles.